The maximum Gasteiger partial charge on any atom is 0.331 e. The van der Waals surface area contributed by atoms with Crippen molar-refractivity contribution in [3.8, 4) is 0 Å². The zero-order valence-corrected chi connectivity index (χ0v) is 16.0. The van der Waals surface area contributed by atoms with Gasteiger partial charge in [0.25, 0.3) is 10.0 Å². The molecule has 2 rings (SSSR count). The third kappa shape index (κ3) is 4.82. The minimum absolute atomic E-state index is 0.176. The van der Waals surface area contributed by atoms with E-state index in [1.165, 1.54) is 36.7 Å². The van der Waals surface area contributed by atoms with Gasteiger partial charge in [0.15, 0.2) is 0 Å². The molecule has 0 N–H and O–H groups in total. The molecule has 0 aliphatic carbocycles. The second-order valence-electron chi connectivity index (χ2n) is 6.10. The van der Waals surface area contributed by atoms with Gasteiger partial charge in [-0.2, -0.15) is 0 Å². The van der Waals surface area contributed by atoms with Crippen molar-refractivity contribution >= 4 is 38.0 Å². The summed E-state index contributed by atoms with van der Waals surface area (Å²) in [7, 11) is -3.67. The van der Waals surface area contributed by atoms with Crippen molar-refractivity contribution in [2.24, 2.45) is 0 Å². The van der Waals surface area contributed by atoms with Gasteiger partial charge in [-0.1, -0.05) is 22.0 Å². The Bertz CT molecular complexity index is 876. The number of carbonyl (C=O) groups excluding carboxylic acids is 1. The van der Waals surface area contributed by atoms with Crippen LogP contribution in [0.3, 0.4) is 0 Å². The van der Waals surface area contributed by atoms with Gasteiger partial charge in [0.05, 0.1) is 4.90 Å². The predicted octanol–water partition coefficient (Wildman–Crippen LogP) is 3.84. The first kappa shape index (κ1) is 18.5. The van der Waals surface area contributed by atoms with Crippen LogP contribution in [0.15, 0.2) is 58.2 Å². The molecule has 1 heterocycles. The lowest BCUT2D eigenvalue weighted by Crippen LogP contribution is -2.22. The fourth-order valence-electron chi connectivity index (χ4n) is 1.89. The van der Waals surface area contributed by atoms with Crippen LogP contribution in [0.4, 0.5) is 0 Å². The quantitative estimate of drug-likeness (QED) is 0.566. The van der Waals surface area contributed by atoms with Crippen LogP contribution in [0.1, 0.15) is 26.3 Å². The van der Waals surface area contributed by atoms with E-state index in [4.69, 9.17) is 4.74 Å². The van der Waals surface area contributed by atoms with Gasteiger partial charge in [-0.05, 0) is 56.7 Å². The summed E-state index contributed by atoms with van der Waals surface area (Å²) in [5.41, 5.74) is 0.0108. The Labute approximate surface area is 150 Å². The number of benzene rings is 1. The van der Waals surface area contributed by atoms with E-state index < -0.39 is 21.6 Å². The molecule has 0 saturated carbocycles. The van der Waals surface area contributed by atoms with Crippen LogP contribution in [-0.4, -0.2) is 24.0 Å². The average molecular weight is 412 g/mol. The van der Waals surface area contributed by atoms with Gasteiger partial charge >= 0.3 is 5.97 Å². The molecule has 0 bridgehead atoms. The van der Waals surface area contributed by atoms with Crippen LogP contribution < -0.4 is 0 Å². The van der Waals surface area contributed by atoms with E-state index in [9.17, 15) is 13.2 Å². The molecule has 5 nitrogen and oxygen atoms in total. The first-order valence-corrected chi connectivity index (χ1v) is 9.41. The second kappa shape index (κ2) is 6.94. The maximum absolute atomic E-state index is 12.6. The van der Waals surface area contributed by atoms with Gasteiger partial charge < -0.3 is 4.74 Å². The maximum atomic E-state index is 12.6. The molecule has 24 heavy (non-hydrogen) atoms. The minimum atomic E-state index is -3.67. The predicted molar refractivity (Wildman–Crippen MR) is 96.0 cm³/mol. The normalized spacial score (nSPS) is 12.5. The number of aromatic nitrogens is 1. The largest absolute Gasteiger partial charge is 0.457 e. The van der Waals surface area contributed by atoms with E-state index in [-0.39, 0.29) is 4.90 Å². The molecule has 0 unspecified atom stereocenters. The van der Waals surface area contributed by atoms with E-state index in [0.29, 0.717) is 10.0 Å². The highest BCUT2D eigenvalue weighted by atomic mass is 79.9. The van der Waals surface area contributed by atoms with Gasteiger partial charge in [-0.3, -0.25) is 0 Å². The molecule has 0 fully saturated rings. The van der Waals surface area contributed by atoms with Crippen molar-refractivity contribution in [3.05, 3.63) is 58.8 Å². The SMILES string of the molecule is CC(C)(C)OC(=O)C=Cc1ccn(S(=O)(=O)c2cccc(Br)c2)c1. The molecule has 128 valence electrons. The fourth-order valence-corrected chi connectivity index (χ4v) is 3.69. The van der Waals surface area contributed by atoms with Crippen LogP contribution in [0.5, 0.6) is 0 Å². The van der Waals surface area contributed by atoms with Crippen LogP contribution in [0, 0.1) is 0 Å². The van der Waals surface area contributed by atoms with E-state index in [0.717, 1.165) is 3.97 Å². The lowest BCUT2D eigenvalue weighted by molar-refractivity contribution is -0.148. The van der Waals surface area contributed by atoms with Gasteiger partial charge in [0.1, 0.15) is 5.60 Å². The molecule has 1 aromatic heterocycles. The van der Waals surface area contributed by atoms with Gasteiger partial charge in [0.2, 0.25) is 0 Å². The fraction of sp³-hybridized carbons (Fsp3) is 0.235. The molecular formula is C17H18BrNO4S. The molecule has 0 radical (unpaired) electrons. The lowest BCUT2D eigenvalue weighted by atomic mass is 10.2. The Morgan fingerprint density at radius 1 is 1.25 bits per heavy atom. The standard InChI is InChI=1S/C17H18BrNO4S/c1-17(2,3)23-16(20)8-7-13-9-10-19(12-13)24(21,22)15-6-4-5-14(18)11-15/h4-12H,1-3H3. The molecule has 7 heteroatoms. The lowest BCUT2D eigenvalue weighted by Gasteiger charge is -2.17. The van der Waals surface area contributed by atoms with Crippen molar-refractivity contribution in [3.63, 3.8) is 0 Å². The van der Waals surface area contributed by atoms with E-state index in [1.54, 1.807) is 39.0 Å². The highest BCUT2D eigenvalue weighted by molar-refractivity contribution is 9.10. The Morgan fingerprint density at radius 2 is 1.96 bits per heavy atom. The monoisotopic (exact) mass is 411 g/mol. The molecule has 0 aliphatic rings. The summed E-state index contributed by atoms with van der Waals surface area (Å²) in [5.74, 6) is -0.481. The van der Waals surface area contributed by atoms with Crippen molar-refractivity contribution in [1.82, 2.24) is 3.97 Å². The second-order valence-corrected chi connectivity index (χ2v) is 8.86. The number of halogens is 1. The number of nitrogens with zero attached hydrogens (tertiary/aromatic N) is 1. The van der Waals surface area contributed by atoms with Crippen LogP contribution in [0.25, 0.3) is 6.08 Å². The number of carbonyl (C=O) groups is 1. The number of hydrogen-bond donors (Lipinski definition) is 0. The first-order valence-electron chi connectivity index (χ1n) is 7.18. The Kier molecular flexibility index (Phi) is 5.35. The summed E-state index contributed by atoms with van der Waals surface area (Å²) in [4.78, 5) is 11.8. The summed E-state index contributed by atoms with van der Waals surface area (Å²) in [5, 5.41) is 0. The van der Waals surface area contributed by atoms with Crippen molar-refractivity contribution in [2.75, 3.05) is 0 Å². The van der Waals surface area contributed by atoms with Gasteiger partial charge in [-0.25, -0.2) is 17.2 Å². The highest BCUT2D eigenvalue weighted by Gasteiger charge is 2.17. The molecule has 1 aromatic carbocycles. The Morgan fingerprint density at radius 3 is 2.58 bits per heavy atom. The number of ether oxygens (including phenoxy) is 1. The minimum Gasteiger partial charge on any atom is -0.457 e. The summed E-state index contributed by atoms with van der Waals surface area (Å²) in [6, 6.07) is 8.08. The molecular weight excluding hydrogens is 394 g/mol. The number of hydrogen-bond acceptors (Lipinski definition) is 4. The Balaban J connectivity index is 2.20. The van der Waals surface area contributed by atoms with Gasteiger partial charge in [0, 0.05) is 22.9 Å². The molecule has 0 atom stereocenters. The molecule has 0 aliphatic heterocycles. The summed E-state index contributed by atoms with van der Waals surface area (Å²) < 4.78 is 32.1. The van der Waals surface area contributed by atoms with E-state index in [1.807, 2.05) is 0 Å². The number of esters is 1. The van der Waals surface area contributed by atoms with Crippen molar-refractivity contribution in [1.29, 1.82) is 0 Å². The van der Waals surface area contributed by atoms with Crippen LogP contribution in [-0.2, 0) is 19.6 Å². The van der Waals surface area contributed by atoms with Crippen LogP contribution in [0.2, 0.25) is 0 Å². The number of rotatable bonds is 4. The zero-order valence-electron chi connectivity index (χ0n) is 13.6. The summed E-state index contributed by atoms with van der Waals surface area (Å²) in [6.07, 6.45) is 5.67. The third-order valence-corrected chi connectivity index (χ3v) is 5.01. The third-order valence-electron chi connectivity index (χ3n) is 2.88. The molecule has 0 spiro atoms. The zero-order chi connectivity index (χ0) is 18.0. The van der Waals surface area contributed by atoms with Crippen molar-refractivity contribution in [2.45, 2.75) is 31.3 Å². The average Bonchev–Trinajstić information content (AvgIpc) is 2.93. The highest BCUT2D eigenvalue weighted by Crippen LogP contribution is 2.20. The van der Waals surface area contributed by atoms with Gasteiger partial charge in [-0.15, -0.1) is 0 Å². The Hall–Kier alpha value is -1.86. The molecule has 0 saturated heterocycles. The van der Waals surface area contributed by atoms with Crippen LogP contribution >= 0.6 is 15.9 Å². The summed E-state index contributed by atoms with van der Waals surface area (Å²) >= 11 is 3.26. The first-order chi connectivity index (χ1) is 11.1. The molecule has 2 aromatic rings. The van der Waals surface area contributed by atoms with E-state index in [2.05, 4.69) is 15.9 Å². The topological polar surface area (TPSA) is 65.4 Å². The smallest absolute Gasteiger partial charge is 0.331 e. The van der Waals surface area contributed by atoms with E-state index >= 15 is 0 Å². The molecule has 0 amide bonds. The van der Waals surface area contributed by atoms with Crippen molar-refractivity contribution < 1.29 is 17.9 Å². The summed E-state index contributed by atoms with van der Waals surface area (Å²) in [6.45, 7) is 5.33.